The molecule has 0 bridgehead atoms. The molecule has 0 aliphatic heterocycles. The minimum atomic E-state index is -4.29. The van der Waals surface area contributed by atoms with E-state index in [1.54, 1.807) is 19.1 Å². The molecule has 1 N–H and O–H groups in total. The third-order valence-electron chi connectivity index (χ3n) is 3.94. The Labute approximate surface area is 149 Å². The van der Waals surface area contributed by atoms with Gasteiger partial charge in [-0.15, -0.1) is 0 Å². The second-order valence-corrected chi connectivity index (χ2v) is 7.47. The van der Waals surface area contributed by atoms with Crippen molar-refractivity contribution in [1.82, 2.24) is 0 Å². The lowest BCUT2D eigenvalue weighted by Gasteiger charge is -2.12. The third-order valence-corrected chi connectivity index (χ3v) is 5.73. The lowest BCUT2D eigenvalue weighted by atomic mass is 10.2. The average Bonchev–Trinajstić information content (AvgIpc) is 2.60. The van der Waals surface area contributed by atoms with Crippen LogP contribution in [0, 0.1) is 6.92 Å². The summed E-state index contributed by atoms with van der Waals surface area (Å²) in [4.78, 5) is 11.4. The van der Waals surface area contributed by atoms with Gasteiger partial charge in [-0.2, -0.15) is 0 Å². The number of fused-ring (bicyclic) bond motifs is 1. The molecule has 0 radical (unpaired) electrons. The smallest absolute Gasteiger partial charge is 0.359 e. The number of aromatic hydroxyl groups is 1. The summed E-state index contributed by atoms with van der Waals surface area (Å²) in [5.41, 5.74) is -0.370. The number of hydrogen-bond donors (Lipinski definition) is 1. The van der Waals surface area contributed by atoms with Crippen LogP contribution in [0.3, 0.4) is 0 Å². The van der Waals surface area contributed by atoms with Gasteiger partial charge in [-0.3, -0.25) is 0 Å². The van der Waals surface area contributed by atoms with Gasteiger partial charge in [0, 0.05) is 12.1 Å². The average molecular weight is 376 g/mol. The molecule has 8 heteroatoms. The highest BCUT2D eigenvalue weighted by atomic mass is 32.2. The molecule has 3 rings (SSSR count). The summed E-state index contributed by atoms with van der Waals surface area (Å²) in [5.74, 6) is -0.289. The molecule has 0 saturated carbocycles. The first kappa shape index (κ1) is 17.8. The van der Waals surface area contributed by atoms with Gasteiger partial charge in [-0.1, -0.05) is 17.7 Å². The van der Waals surface area contributed by atoms with E-state index in [-0.39, 0.29) is 21.6 Å². The number of hydrogen-bond acceptors (Lipinski definition) is 7. The Hall–Kier alpha value is -3.00. The number of sulfone groups is 1. The molecule has 0 spiro atoms. The van der Waals surface area contributed by atoms with Crippen molar-refractivity contribution in [2.45, 2.75) is 16.7 Å². The van der Waals surface area contributed by atoms with E-state index in [0.29, 0.717) is 5.75 Å². The van der Waals surface area contributed by atoms with Crippen molar-refractivity contribution in [3.63, 3.8) is 0 Å². The van der Waals surface area contributed by atoms with E-state index in [1.807, 2.05) is 0 Å². The van der Waals surface area contributed by atoms with Crippen LogP contribution in [0.1, 0.15) is 5.56 Å². The zero-order chi connectivity index (χ0) is 19.1. The molecule has 7 nitrogen and oxygen atoms in total. The Morgan fingerprint density at radius 3 is 2.27 bits per heavy atom. The SMILES string of the molecule is COc1cc(OC)c2c(O)c(S(=O)(=O)c3ccc(C)cc3)c(=O)oc2c1. The summed E-state index contributed by atoms with van der Waals surface area (Å²) >= 11 is 0. The number of ether oxygens (including phenoxy) is 2. The molecular weight excluding hydrogens is 360 g/mol. The van der Waals surface area contributed by atoms with E-state index in [1.165, 1.54) is 38.5 Å². The van der Waals surface area contributed by atoms with Crippen LogP contribution in [0.15, 0.2) is 55.4 Å². The van der Waals surface area contributed by atoms with Crippen molar-refractivity contribution in [3.8, 4) is 17.2 Å². The van der Waals surface area contributed by atoms with Gasteiger partial charge in [0.2, 0.25) is 9.84 Å². The molecule has 3 aromatic rings. The monoisotopic (exact) mass is 376 g/mol. The maximum absolute atomic E-state index is 12.9. The molecule has 0 aliphatic carbocycles. The van der Waals surface area contributed by atoms with Crippen LogP contribution in [0.25, 0.3) is 11.0 Å². The number of rotatable bonds is 4. The molecule has 0 saturated heterocycles. The fraction of sp³-hybridized carbons (Fsp3) is 0.167. The van der Waals surface area contributed by atoms with Crippen LogP contribution in [-0.2, 0) is 9.84 Å². The van der Waals surface area contributed by atoms with Gasteiger partial charge >= 0.3 is 5.63 Å². The molecule has 136 valence electrons. The lowest BCUT2D eigenvalue weighted by Crippen LogP contribution is -2.15. The molecule has 26 heavy (non-hydrogen) atoms. The normalized spacial score (nSPS) is 11.5. The van der Waals surface area contributed by atoms with E-state index in [2.05, 4.69) is 0 Å². The molecule has 0 aliphatic rings. The fourth-order valence-electron chi connectivity index (χ4n) is 2.59. The van der Waals surface area contributed by atoms with Crippen LogP contribution in [-0.4, -0.2) is 27.7 Å². The topological polar surface area (TPSA) is 103 Å². The van der Waals surface area contributed by atoms with E-state index in [9.17, 15) is 18.3 Å². The number of aryl methyl sites for hydroxylation is 1. The summed E-state index contributed by atoms with van der Waals surface area (Å²) < 4.78 is 41.1. The zero-order valence-electron chi connectivity index (χ0n) is 14.3. The van der Waals surface area contributed by atoms with Crippen molar-refractivity contribution in [2.24, 2.45) is 0 Å². The Morgan fingerprint density at radius 1 is 1.04 bits per heavy atom. The predicted molar refractivity (Wildman–Crippen MR) is 93.9 cm³/mol. The first-order valence-corrected chi connectivity index (χ1v) is 9.01. The van der Waals surface area contributed by atoms with Crippen molar-refractivity contribution in [3.05, 3.63) is 52.4 Å². The van der Waals surface area contributed by atoms with Crippen LogP contribution < -0.4 is 15.1 Å². The Kier molecular flexibility index (Phi) is 4.37. The fourth-order valence-corrected chi connectivity index (χ4v) is 3.94. The summed E-state index contributed by atoms with van der Waals surface area (Å²) in [6.07, 6.45) is 0. The summed E-state index contributed by atoms with van der Waals surface area (Å²) in [6.45, 7) is 1.80. The minimum absolute atomic E-state index is 0.0291. The molecule has 0 unspecified atom stereocenters. The summed E-state index contributed by atoms with van der Waals surface area (Å²) in [5, 5.41) is 10.6. The molecule has 0 atom stereocenters. The van der Waals surface area contributed by atoms with Gasteiger partial charge in [-0.25, -0.2) is 13.2 Å². The Balaban J connectivity index is 2.37. The quantitative estimate of drug-likeness (QED) is 0.698. The first-order valence-electron chi connectivity index (χ1n) is 7.53. The Morgan fingerprint density at radius 2 is 1.69 bits per heavy atom. The highest BCUT2D eigenvalue weighted by molar-refractivity contribution is 7.91. The van der Waals surface area contributed by atoms with Gasteiger partial charge in [-0.05, 0) is 19.1 Å². The van der Waals surface area contributed by atoms with Crippen molar-refractivity contribution < 1.29 is 27.4 Å². The van der Waals surface area contributed by atoms with Crippen molar-refractivity contribution >= 4 is 20.8 Å². The third kappa shape index (κ3) is 2.78. The molecule has 0 amide bonds. The van der Waals surface area contributed by atoms with E-state index in [0.717, 1.165) is 5.56 Å². The van der Waals surface area contributed by atoms with Crippen LogP contribution in [0.2, 0.25) is 0 Å². The molecule has 0 fully saturated rings. The van der Waals surface area contributed by atoms with E-state index < -0.39 is 26.1 Å². The van der Waals surface area contributed by atoms with E-state index in [4.69, 9.17) is 13.9 Å². The highest BCUT2D eigenvalue weighted by Crippen LogP contribution is 2.40. The van der Waals surface area contributed by atoms with Crippen LogP contribution in [0.5, 0.6) is 17.2 Å². The first-order chi connectivity index (χ1) is 12.3. The van der Waals surface area contributed by atoms with Crippen molar-refractivity contribution in [2.75, 3.05) is 14.2 Å². The number of benzene rings is 2. The van der Waals surface area contributed by atoms with Gasteiger partial charge in [0.05, 0.1) is 19.1 Å². The highest BCUT2D eigenvalue weighted by Gasteiger charge is 2.30. The van der Waals surface area contributed by atoms with Crippen LogP contribution >= 0.6 is 0 Å². The maximum Gasteiger partial charge on any atom is 0.359 e. The van der Waals surface area contributed by atoms with Crippen molar-refractivity contribution in [1.29, 1.82) is 0 Å². The van der Waals surface area contributed by atoms with Gasteiger partial charge in [0.25, 0.3) is 0 Å². The summed E-state index contributed by atoms with van der Waals surface area (Å²) in [7, 11) is -1.54. The van der Waals surface area contributed by atoms with Crippen LogP contribution in [0.4, 0.5) is 0 Å². The molecule has 2 aromatic carbocycles. The molecular formula is C18H16O7S. The predicted octanol–water partition coefficient (Wildman–Crippen LogP) is 2.66. The second kappa shape index (κ2) is 6.38. The Bertz CT molecular complexity index is 1140. The minimum Gasteiger partial charge on any atom is -0.505 e. The number of methoxy groups -OCH3 is 2. The largest absolute Gasteiger partial charge is 0.505 e. The molecule has 1 heterocycles. The standard InChI is InChI=1S/C18H16O7S/c1-10-4-6-12(7-5-10)26(21,22)17-16(19)15-13(24-3)8-11(23-2)9-14(15)25-18(17)20/h4-9,19H,1-3H3. The van der Waals surface area contributed by atoms with Gasteiger partial charge < -0.3 is 19.0 Å². The summed E-state index contributed by atoms with van der Waals surface area (Å²) in [6, 6.07) is 8.72. The van der Waals surface area contributed by atoms with E-state index >= 15 is 0 Å². The van der Waals surface area contributed by atoms with Gasteiger partial charge in [0.1, 0.15) is 22.5 Å². The lowest BCUT2D eigenvalue weighted by molar-refractivity contribution is 0.390. The zero-order valence-corrected chi connectivity index (χ0v) is 15.1. The van der Waals surface area contributed by atoms with Gasteiger partial charge in [0.15, 0.2) is 10.6 Å². The second-order valence-electron chi connectivity index (χ2n) is 5.59. The maximum atomic E-state index is 12.9. The molecule has 1 aromatic heterocycles.